The second-order valence-electron chi connectivity index (χ2n) is 5.41. The zero-order valence-electron chi connectivity index (χ0n) is 14.1. The van der Waals surface area contributed by atoms with Gasteiger partial charge in [0, 0.05) is 18.0 Å². The van der Waals surface area contributed by atoms with E-state index in [9.17, 15) is 9.59 Å². The van der Waals surface area contributed by atoms with Crippen LogP contribution in [0.2, 0.25) is 0 Å². The largest absolute Gasteiger partial charge is 0.467 e. The highest BCUT2D eigenvalue weighted by Gasteiger charge is 2.27. The Balaban J connectivity index is 2.17. The average Bonchev–Trinajstić information content (AvgIpc) is 2.63. The molecule has 5 nitrogen and oxygen atoms in total. The molecule has 0 aliphatic carbocycles. The third-order valence-corrected chi connectivity index (χ3v) is 4.53. The van der Waals surface area contributed by atoms with Gasteiger partial charge >= 0.3 is 5.97 Å². The van der Waals surface area contributed by atoms with Crippen LogP contribution in [-0.2, 0) is 25.5 Å². The Bertz CT molecular complexity index is 720. The van der Waals surface area contributed by atoms with Crippen LogP contribution < -0.4 is 5.32 Å². The SMILES string of the molecule is COC(=O)[C@@H](Cc1ccccc1Br)NC(=O)[C@@H](OC)c1ccccc1. The van der Waals surface area contributed by atoms with Crippen molar-refractivity contribution in [3.63, 3.8) is 0 Å². The molecule has 0 bridgehead atoms. The van der Waals surface area contributed by atoms with Crippen molar-refractivity contribution in [2.45, 2.75) is 18.6 Å². The Hall–Kier alpha value is -2.18. The van der Waals surface area contributed by atoms with E-state index in [-0.39, 0.29) is 0 Å². The first-order valence-corrected chi connectivity index (χ1v) is 8.55. The van der Waals surface area contributed by atoms with Crippen LogP contribution in [-0.4, -0.2) is 32.1 Å². The first-order chi connectivity index (χ1) is 12.1. The van der Waals surface area contributed by atoms with Crippen LogP contribution in [0.5, 0.6) is 0 Å². The number of benzene rings is 2. The molecule has 0 heterocycles. The Kier molecular flexibility index (Phi) is 7.16. The molecule has 2 atom stereocenters. The van der Waals surface area contributed by atoms with Crippen molar-refractivity contribution < 1.29 is 19.1 Å². The summed E-state index contributed by atoms with van der Waals surface area (Å²) in [6, 6.07) is 15.8. The van der Waals surface area contributed by atoms with E-state index < -0.39 is 24.0 Å². The van der Waals surface area contributed by atoms with E-state index in [4.69, 9.17) is 9.47 Å². The van der Waals surface area contributed by atoms with Crippen molar-refractivity contribution in [2.24, 2.45) is 0 Å². The van der Waals surface area contributed by atoms with Crippen molar-refractivity contribution in [3.8, 4) is 0 Å². The number of esters is 1. The summed E-state index contributed by atoms with van der Waals surface area (Å²) in [5.74, 6) is -0.900. The lowest BCUT2D eigenvalue weighted by molar-refractivity contribution is -0.146. The maximum absolute atomic E-state index is 12.6. The Labute approximate surface area is 155 Å². The normalized spacial score (nSPS) is 12.9. The highest BCUT2D eigenvalue weighted by atomic mass is 79.9. The third kappa shape index (κ3) is 5.14. The van der Waals surface area contributed by atoms with Gasteiger partial charge in [-0.15, -0.1) is 0 Å². The fraction of sp³-hybridized carbons (Fsp3) is 0.263. The quantitative estimate of drug-likeness (QED) is 0.718. The molecule has 0 spiro atoms. The monoisotopic (exact) mass is 405 g/mol. The Morgan fingerprint density at radius 2 is 1.68 bits per heavy atom. The molecule has 0 aliphatic rings. The van der Waals surface area contributed by atoms with Crippen LogP contribution in [0.15, 0.2) is 59.1 Å². The van der Waals surface area contributed by atoms with Gasteiger partial charge in [-0.25, -0.2) is 4.79 Å². The van der Waals surface area contributed by atoms with E-state index in [0.717, 1.165) is 10.0 Å². The number of carbonyl (C=O) groups excluding carboxylic acids is 2. The van der Waals surface area contributed by atoms with Gasteiger partial charge in [0.25, 0.3) is 5.91 Å². The van der Waals surface area contributed by atoms with Crippen molar-refractivity contribution in [2.75, 3.05) is 14.2 Å². The molecule has 0 fully saturated rings. The summed E-state index contributed by atoms with van der Waals surface area (Å²) in [6.45, 7) is 0. The van der Waals surface area contributed by atoms with Gasteiger partial charge < -0.3 is 14.8 Å². The second-order valence-corrected chi connectivity index (χ2v) is 6.26. The molecule has 0 aromatic heterocycles. The molecule has 0 radical (unpaired) electrons. The van der Waals surface area contributed by atoms with Crippen LogP contribution >= 0.6 is 15.9 Å². The Morgan fingerprint density at radius 1 is 1.04 bits per heavy atom. The maximum atomic E-state index is 12.6. The zero-order valence-corrected chi connectivity index (χ0v) is 15.7. The summed E-state index contributed by atoms with van der Waals surface area (Å²) in [5, 5.41) is 2.73. The molecule has 0 aliphatic heterocycles. The molecule has 132 valence electrons. The molecular formula is C19H20BrNO4. The number of carbonyl (C=O) groups is 2. The minimum absolute atomic E-state index is 0.311. The molecule has 1 N–H and O–H groups in total. The molecule has 2 aromatic carbocycles. The minimum atomic E-state index is -0.808. The molecule has 2 rings (SSSR count). The van der Waals surface area contributed by atoms with Crippen LogP contribution in [0.3, 0.4) is 0 Å². The standard InChI is InChI=1S/C19H20BrNO4/c1-24-17(13-8-4-3-5-9-13)18(22)21-16(19(23)25-2)12-14-10-6-7-11-15(14)20/h3-11,16-17H,12H2,1-2H3,(H,21,22)/t16-,17+/m1/s1. The van der Waals surface area contributed by atoms with E-state index in [1.54, 1.807) is 12.1 Å². The number of hydrogen-bond acceptors (Lipinski definition) is 4. The summed E-state index contributed by atoms with van der Waals surface area (Å²) >= 11 is 3.45. The van der Waals surface area contributed by atoms with Gasteiger partial charge in [0.1, 0.15) is 6.04 Å². The molecule has 2 aromatic rings. The fourth-order valence-electron chi connectivity index (χ4n) is 2.49. The lowest BCUT2D eigenvalue weighted by Crippen LogP contribution is -2.45. The van der Waals surface area contributed by atoms with E-state index in [0.29, 0.717) is 12.0 Å². The highest BCUT2D eigenvalue weighted by Crippen LogP contribution is 2.20. The highest BCUT2D eigenvalue weighted by molar-refractivity contribution is 9.10. The van der Waals surface area contributed by atoms with Gasteiger partial charge in [-0.3, -0.25) is 4.79 Å². The second kappa shape index (κ2) is 9.34. The summed E-state index contributed by atoms with van der Waals surface area (Å²) in [7, 11) is 2.75. The molecule has 1 amide bonds. The molecule has 0 unspecified atom stereocenters. The average molecular weight is 406 g/mol. The molecule has 0 saturated heterocycles. The van der Waals surface area contributed by atoms with Crippen LogP contribution in [0.4, 0.5) is 0 Å². The van der Waals surface area contributed by atoms with Crippen molar-refractivity contribution in [1.29, 1.82) is 0 Å². The fourth-order valence-corrected chi connectivity index (χ4v) is 2.94. The number of nitrogens with one attached hydrogen (secondary N) is 1. The van der Waals surface area contributed by atoms with Gasteiger partial charge in [-0.1, -0.05) is 64.5 Å². The number of hydrogen-bond donors (Lipinski definition) is 1. The summed E-state index contributed by atoms with van der Waals surface area (Å²) < 4.78 is 11.0. The minimum Gasteiger partial charge on any atom is -0.467 e. The van der Waals surface area contributed by atoms with E-state index in [1.165, 1.54) is 14.2 Å². The van der Waals surface area contributed by atoms with E-state index in [1.807, 2.05) is 42.5 Å². The predicted octanol–water partition coefficient (Wildman–Crippen LogP) is 3.04. The van der Waals surface area contributed by atoms with Crippen LogP contribution in [0.25, 0.3) is 0 Å². The maximum Gasteiger partial charge on any atom is 0.328 e. The van der Waals surface area contributed by atoms with Crippen molar-refractivity contribution in [1.82, 2.24) is 5.32 Å². The first kappa shape index (κ1) is 19.1. The summed E-state index contributed by atoms with van der Waals surface area (Å²) in [6.07, 6.45) is -0.488. The molecule has 25 heavy (non-hydrogen) atoms. The lowest BCUT2D eigenvalue weighted by atomic mass is 10.0. The van der Waals surface area contributed by atoms with Gasteiger partial charge in [-0.2, -0.15) is 0 Å². The summed E-state index contributed by atoms with van der Waals surface area (Å²) in [4.78, 5) is 24.7. The smallest absolute Gasteiger partial charge is 0.328 e. The number of amides is 1. The number of ether oxygens (including phenoxy) is 2. The van der Waals surface area contributed by atoms with Crippen LogP contribution in [0, 0.1) is 0 Å². The topological polar surface area (TPSA) is 64.6 Å². The van der Waals surface area contributed by atoms with Gasteiger partial charge in [-0.05, 0) is 17.2 Å². The lowest BCUT2D eigenvalue weighted by Gasteiger charge is -2.21. The van der Waals surface area contributed by atoms with E-state index >= 15 is 0 Å². The molecular weight excluding hydrogens is 386 g/mol. The Morgan fingerprint density at radius 3 is 2.28 bits per heavy atom. The van der Waals surface area contributed by atoms with Crippen molar-refractivity contribution >= 4 is 27.8 Å². The number of methoxy groups -OCH3 is 2. The summed E-state index contributed by atoms with van der Waals surface area (Å²) in [5.41, 5.74) is 1.61. The van der Waals surface area contributed by atoms with E-state index in [2.05, 4.69) is 21.2 Å². The molecule has 0 saturated carbocycles. The van der Waals surface area contributed by atoms with Gasteiger partial charge in [0.2, 0.25) is 0 Å². The molecule has 6 heteroatoms. The predicted molar refractivity (Wildman–Crippen MR) is 98.0 cm³/mol. The van der Waals surface area contributed by atoms with Gasteiger partial charge in [0.15, 0.2) is 6.10 Å². The number of rotatable bonds is 7. The van der Waals surface area contributed by atoms with Gasteiger partial charge in [0.05, 0.1) is 7.11 Å². The third-order valence-electron chi connectivity index (χ3n) is 3.76. The number of halogens is 1. The van der Waals surface area contributed by atoms with Crippen LogP contribution in [0.1, 0.15) is 17.2 Å². The van der Waals surface area contributed by atoms with Crippen molar-refractivity contribution in [3.05, 3.63) is 70.2 Å². The zero-order chi connectivity index (χ0) is 18.2. The first-order valence-electron chi connectivity index (χ1n) is 7.76.